The molecule has 10 heteroatoms. The van der Waals surface area contributed by atoms with E-state index in [1.165, 1.54) is 0 Å². The monoisotopic (exact) mass is 319 g/mol. The summed E-state index contributed by atoms with van der Waals surface area (Å²) < 4.78 is 49.1. The van der Waals surface area contributed by atoms with Gasteiger partial charge in [0, 0.05) is 6.04 Å². The van der Waals surface area contributed by atoms with Gasteiger partial charge in [-0.3, -0.25) is 15.0 Å². The minimum Gasteiger partial charge on any atom is -0.345 e. The lowest BCUT2D eigenvalue weighted by Crippen LogP contribution is -2.48. The maximum Gasteiger partial charge on any atom is 0.324 e. The molecular weight excluding hydrogens is 308 g/mol. The number of amides is 2. The third kappa shape index (κ3) is 3.95. The van der Waals surface area contributed by atoms with Crippen LogP contribution in [0.3, 0.4) is 0 Å². The lowest BCUT2D eigenvalue weighted by molar-refractivity contribution is -0.139. The molecule has 1 aromatic carbocycles. The lowest BCUT2D eigenvalue weighted by atomic mass is 10.3. The highest BCUT2D eigenvalue weighted by atomic mass is 32.2. The van der Waals surface area contributed by atoms with Crippen molar-refractivity contribution in [2.45, 2.75) is 23.8 Å². The third-order valence-corrected chi connectivity index (χ3v) is 3.86. The smallest absolute Gasteiger partial charge is 0.324 e. The number of carbonyl (C=O) groups is 2. The van der Waals surface area contributed by atoms with Crippen LogP contribution in [0.5, 0.6) is 0 Å². The Kier molecular flexibility index (Phi) is 4.19. The highest BCUT2D eigenvalue weighted by Crippen LogP contribution is 2.18. The van der Waals surface area contributed by atoms with Gasteiger partial charge in [-0.15, -0.1) is 4.83 Å². The van der Waals surface area contributed by atoms with Crippen molar-refractivity contribution >= 4 is 21.8 Å². The molecule has 1 aliphatic carbocycles. The van der Waals surface area contributed by atoms with E-state index in [0.29, 0.717) is 12.1 Å². The van der Waals surface area contributed by atoms with E-state index in [2.05, 4.69) is 5.32 Å². The van der Waals surface area contributed by atoms with Gasteiger partial charge in [-0.2, -0.15) is 0 Å². The second-order valence-electron chi connectivity index (χ2n) is 4.38. The van der Waals surface area contributed by atoms with E-state index in [0.717, 1.165) is 18.9 Å². The standard InChI is InChI=1S/C11H11F2N3O4S/c12-8-4-3-7(5-9(8)13)21(19,20)16-15-11(18)10(17)14-6-1-2-6/h3-6,16H,1-2H2,(H,14,17)(H,15,18). The van der Waals surface area contributed by atoms with Crippen LogP contribution in [-0.4, -0.2) is 26.3 Å². The molecule has 114 valence electrons. The minimum atomic E-state index is -4.31. The average molecular weight is 319 g/mol. The summed E-state index contributed by atoms with van der Waals surface area (Å²) in [5.74, 6) is -4.74. The highest BCUT2D eigenvalue weighted by molar-refractivity contribution is 7.89. The zero-order chi connectivity index (χ0) is 15.6. The molecule has 0 radical (unpaired) electrons. The number of hydrazine groups is 1. The Hall–Kier alpha value is -2.07. The summed E-state index contributed by atoms with van der Waals surface area (Å²) in [7, 11) is -4.31. The molecule has 3 N–H and O–H groups in total. The van der Waals surface area contributed by atoms with E-state index in [-0.39, 0.29) is 6.04 Å². The first-order valence-electron chi connectivity index (χ1n) is 5.87. The topological polar surface area (TPSA) is 104 Å². The molecule has 0 aliphatic heterocycles. The van der Waals surface area contributed by atoms with Crippen LogP contribution in [0.4, 0.5) is 8.78 Å². The Bertz CT molecular complexity index is 689. The quantitative estimate of drug-likeness (QED) is 0.516. The van der Waals surface area contributed by atoms with Gasteiger partial charge in [-0.25, -0.2) is 17.2 Å². The van der Waals surface area contributed by atoms with Gasteiger partial charge in [0.1, 0.15) is 0 Å². The molecule has 1 aliphatic rings. The molecule has 0 aromatic heterocycles. The third-order valence-electron chi connectivity index (χ3n) is 2.62. The van der Waals surface area contributed by atoms with Crippen LogP contribution in [0, 0.1) is 11.6 Å². The van der Waals surface area contributed by atoms with E-state index in [4.69, 9.17) is 0 Å². The van der Waals surface area contributed by atoms with Crippen LogP contribution in [-0.2, 0) is 19.6 Å². The van der Waals surface area contributed by atoms with E-state index < -0.39 is 38.4 Å². The maximum atomic E-state index is 13.0. The van der Waals surface area contributed by atoms with Crippen LogP contribution in [0.25, 0.3) is 0 Å². The Morgan fingerprint density at radius 3 is 2.33 bits per heavy atom. The van der Waals surface area contributed by atoms with Gasteiger partial charge in [0.15, 0.2) is 11.6 Å². The van der Waals surface area contributed by atoms with Gasteiger partial charge in [0.05, 0.1) is 4.90 Å². The first-order chi connectivity index (χ1) is 9.79. The van der Waals surface area contributed by atoms with Crippen LogP contribution >= 0.6 is 0 Å². The number of benzene rings is 1. The molecule has 2 rings (SSSR count). The Morgan fingerprint density at radius 1 is 1.10 bits per heavy atom. The van der Waals surface area contributed by atoms with Gasteiger partial charge < -0.3 is 5.32 Å². The number of sulfonamides is 1. The van der Waals surface area contributed by atoms with E-state index in [1.807, 2.05) is 0 Å². The lowest BCUT2D eigenvalue weighted by Gasteiger charge is -2.08. The van der Waals surface area contributed by atoms with Crippen molar-refractivity contribution < 1.29 is 26.8 Å². The zero-order valence-corrected chi connectivity index (χ0v) is 11.3. The second kappa shape index (κ2) is 5.74. The number of rotatable bonds is 4. The summed E-state index contributed by atoms with van der Waals surface area (Å²) in [6.07, 6.45) is 1.53. The van der Waals surface area contributed by atoms with Crippen LogP contribution in [0.2, 0.25) is 0 Å². The number of hydrogen-bond donors (Lipinski definition) is 3. The maximum absolute atomic E-state index is 13.0. The van der Waals surface area contributed by atoms with Gasteiger partial charge >= 0.3 is 11.8 Å². The van der Waals surface area contributed by atoms with Crippen molar-refractivity contribution in [3.63, 3.8) is 0 Å². The molecule has 0 bridgehead atoms. The fourth-order valence-corrected chi connectivity index (χ4v) is 2.20. The zero-order valence-electron chi connectivity index (χ0n) is 10.5. The van der Waals surface area contributed by atoms with Crippen molar-refractivity contribution in [3.05, 3.63) is 29.8 Å². The molecule has 0 saturated heterocycles. The Morgan fingerprint density at radius 2 is 1.76 bits per heavy atom. The molecule has 0 unspecified atom stereocenters. The molecule has 1 saturated carbocycles. The van der Waals surface area contributed by atoms with Gasteiger partial charge in [0.25, 0.3) is 10.0 Å². The summed E-state index contributed by atoms with van der Waals surface area (Å²) in [5, 5.41) is 2.35. The van der Waals surface area contributed by atoms with Crippen LogP contribution in [0.15, 0.2) is 23.1 Å². The highest BCUT2D eigenvalue weighted by Gasteiger charge is 2.27. The first-order valence-corrected chi connectivity index (χ1v) is 7.35. The molecule has 1 fully saturated rings. The fraction of sp³-hybridized carbons (Fsp3) is 0.273. The van der Waals surface area contributed by atoms with Crippen LogP contribution in [0.1, 0.15) is 12.8 Å². The number of nitrogens with one attached hydrogen (secondary N) is 3. The predicted octanol–water partition coefficient (Wildman–Crippen LogP) is -0.447. The van der Waals surface area contributed by atoms with Crippen molar-refractivity contribution in [1.29, 1.82) is 0 Å². The van der Waals surface area contributed by atoms with Crippen molar-refractivity contribution in [2.75, 3.05) is 0 Å². The van der Waals surface area contributed by atoms with E-state index in [9.17, 15) is 26.8 Å². The molecule has 21 heavy (non-hydrogen) atoms. The van der Waals surface area contributed by atoms with Crippen LogP contribution < -0.4 is 15.6 Å². The fourth-order valence-electron chi connectivity index (χ4n) is 1.35. The van der Waals surface area contributed by atoms with Gasteiger partial charge in [0.2, 0.25) is 0 Å². The summed E-state index contributed by atoms with van der Waals surface area (Å²) in [6, 6.07) is 1.84. The second-order valence-corrected chi connectivity index (χ2v) is 6.07. The van der Waals surface area contributed by atoms with Gasteiger partial charge in [-0.05, 0) is 31.0 Å². The number of hydrogen-bond acceptors (Lipinski definition) is 4. The Balaban J connectivity index is 1.98. The molecular formula is C11H11F2N3O4S. The molecule has 7 nitrogen and oxygen atoms in total. The normalized spacial score (nSPS) is 14.6. The molecule has 2 amide bonds. The predicted molar refractivity (Wildman–Crippen MR) is 66.0 cm³/mol. The summed E-state index contributed by atoms with van der Waals surface area (Å²) in [4.78, 5) is 23.6. The SMILES string of the molecule is O=C(NNS(=O)(=O)c1ccc(F)c(F)c1)C(=O)NC1CC1. The molecule has 0 spiro atoms. The average Bonchev–Trinajstić information content (AvgIpc) is 3.23. The van der Waals surface area contributed by atoms with E-state index in [1.54, 1.807) is 10.3 Å². The minimum absolute atomic E-state index is 0.0638. The Labute approximate surface area is 118 Å². The van der Waals surface area contributed by atoms with Crippen molar-refractivity contribution in [1.82, 2.24) is 15.6 Å². The number of halogens is 2. The summed E-state index contributed by atoms with van der Waals surface area (Å²) >= 11 is 0. The summed E-state index contributed by atoms with van der Waals surface area (Å²) in [5.41, 5.74) is 1.68. The number of carbonyl (C=O) groups excluding carboxylic acids is 2. The van der Waals surface area contributed by atoms with E-state index >= 15 is 0 Å². The van der Waals surface area contributed by atoms with Crippen molar-refractivity contribution in [2.24, 2.45) is 0 Å². The first kappa shape index (κ1) is 15.3. The molecule has 1 aromatic rings. The molecule has 0 atom stereocenters. The van der Waals surface area contributed by atoms with Crippen molar-refractivity contribution in [3.8, 4) is 0 Å². The summed E-state index contributed by atoms with van der Waals surface area (Å²) in [6.45, 7) is 0. The largest absolute Gasteiger partial charge is 0.345 e. The van der Waals surface area contributed by atoms with Gasteiger partial charge in [-0.1, -0.05) is 0 Å². The molecule has 0 heterocycles.